The summed E-state index contributed by atoms with van der Waals surface area (Å²) in [5.41, 5.74) is 6.99. The smallest absolute Gasteiger partial charge is 0.187 e. The Hall–Kier alpha value is -2.25. The van der Waals surface area contributed by atoms with Gasteiger partial charge in [-0.25, -0.2) is 4.98 Å². The van der Waals surface area contributed by atoms with Gasteiger partial charge in [0.25, 0.3) is 0 Å². The van der Waals surface area contributed by atoms with Crippen molar-refractivity contribution in [3.63, 3.8) is 0 Å². The topological polar surface area (TPSA) is 58.9 Å². The Morgan fingerprint density at radius 1 is 1.17 bits per heavy atom. The van der Waals surface area contributed by atoms with E-state index in [9.17, 15) is 0 Å². The summed E-state index contributed by atoms with van der Waals surface area (Å²) in [6.07, 6.45) is 4.43. The summed E-state index contributed by atoms with van der Waals surface area (Å²) in [5, 5.41) is 11.0. The monoisotopic (exact) mass is 410 g/mol. The van der Waals surface area contributed by atoms with E-state index in [2.05, 4.69) is 63.3 Å². The van der Waals surface area contributed by atoms with Gasteiger partial charge < -0.3 is 5.32 Å². The number of piperidine rings is 1. The van der Waals surface area contributed by atoms with Gasteiger partial charge in [-0.05, 0) is 59.2 Å². The van der Waals surface area contributed by atoms with E-state index in [4.69, 9.17) is 4.98 Å². The molecule has 1 saturated heterocycles. The molecule has 0 unspecified atom stereocenters. The third-order valence-electron chi connectivity index (χ3n) is 5.67. The number of likely N-dealkylation sites (tertiary alicyclic amines) is 1. The fraction of sp³-hybridized carbons (Fsp3) is 0.500. The van der Waals surface area contributed by atoms with Crippen LogP contribution in [0, 0.1) is 20.8 Å². The van der Waals surface area contributed by atoms with Gasteiger partial charge in [-0.3, -0.25) is 14.6 Å². The molecule has 3 aromatic heterocycles. The number of thiazole rings is 1. The van der Waals surface area contributed by atoms with E-state index < -0.39 is 0 Å². The molecule has 7 heteroatoms. The van der Waals surface area contributed by atoms with Crippen LogP contribution < -0.4 is 5.32 Å². The van der Waals surface area contributed by atoms with Crippen molar-refractivity contribution in [1.29, 1.82) is 0 Å². The highest BCUT2D eigenvalue weighted by atomic mass is 32.1. The maximum atomic E-state index is 4.88. The third kappa shape index (κ3) is 4.67. The van der Waals surface area contributed by atoms with E-state index in [-0.39, 0.29) is 0 Å². The molecule has 4 rings (SSSR count). The van der Waals surface area contributed by atoms with Crippen LogP contribution in [-0.2, 0) is 13.1 Å². The number of pyridine rings is 1. The first-order valence-electron chi connectivity index (χ1n) is 10.4. The van der Waals surface area contributed by atoms with E-state index >= 15 is 0 Å². The molecule has 3 aromatic rings. The number of hydrogen-bond donors (Lipinski definition) is 1. The van der Waals surface area contributed by atoms with Crippen molar-refractivity contribution in [1.82, 2.24) is 24.6 Å². The van der Waals surface area contributed by atoms with E-state index in [0.29, 0.717) is 5.92 Å². The van der Waals surface area contributed by atoms with Crippen LogP contribution >= 0.6 is 11.3 Å². The molecule has 0 radical (unpaired) electrons. The van der Waals surface area contributed by atoms with E-state index in [1.165, 1.54) is 29.8 Å². The lowest BCUT2D eigenvalue weighted by atomic mass is 9.93. The SMILES string of the molecule is CCn1ncc(CN2CCC[C@H](c3cc(Nc4nc(C)cs4)cc(C)n3)C2)c1C. The molecule has 0 saturated carbocycles. The van der Waals surface area contributed by atoms with Crippen molar-refractivity contribution in [2.75, 3.05) is 18.4 Å². The molecule has 1 aliphatic heterocycles. The summed E-state index contributed by atoms with van der Waals surface area (Å²) >= 11 is 1.64. The number of anilines is 2. The quantitative estimate of drug-likeness (QED) is 0.632. The van der Waals surface area contributed by atoms with Crippen molar-refractivity contribution in [2.45, 2.75) is 59.5 Å². The largest absolute Gasteiger partial charge is 0.331 e. The van der Waals surface area contributed by atoms with Gasteiger partial charge in [0.05, 0.1) is 11.9 Å². The van der Waals surface area contributed by atoms with Gasteiger partial charge in [-0.2, -0.15) is 5.10 Å². The first-order valence-corrected chi connectivity index (χ1v) is 11.3. The lowest BCUT2D eigenvalue weighted by Gasteiger charge is -2.32. The normalized spacial score (nSPS) is 17.6. The molecule has 1 N–H and O–H groups in total. The average Bonchev–Trinajstić information content (AvgIpc) is 3.27. The van der Waals surface area contributed by atoms with Gasteiger partial charge in [0.15, 0.2) is 5.13 Å². The summed E-state index contributed by atoms with van der Waals surface area (Å²) in [6.45, 7) is 12.5. The van der Waals surface area contributed by atoms with Crippen molar-refractivity contribution in [3.05, 3.63) is 52.0 Å². The Morgan fingerprint density at radius 2 is 2.03 bits per heavy atom. The number of aryl methyl sites for hydroxylation is 3. The molecule has 0 aliphatic carbocycles. The Labute approximate surface area is 177 Å². The second kappa shape index (κ2) is 8.63. The molecule has 0 spiro atoms. The molecule has 1 fully saturated rings. The molecule has 154 valence electrons. The molecule has 0 aromatic carbocycles. The van der Waals surface area contributed by atoms with Crippen molar-refractivity contribution in [3.8, 4) is 0 Å². The van der Waals surface area contributed by atoms with Crippen LogP contribution in [0.4, 0.5) is 10.8 Å². The Kier molecular flexibility index (Phi) is 5.96. The molecule has 0 bridgehead atoms. The zero-order chi connectivity index (χ0) is 20.4. The highest BCUT2D eigenvalue weighted by Gasteiger charge is 2.24. The van der Waals surface area contributed by atoms with Crippen LogP contribution in [0.5, 0.6) is 0 Å². The van der Waals surface area contributed by atoms with Crippen LogP contribution in [0.25, 0.3) is 0 Å². The third-order valence-corrected chi connectivity index (χ3v) is 6.54. The lowest BCUT2D eigenvalue weighted by Crippen LogP contribution is -2.34. The van der Waals surface area contributed by atoms with Gasteiger partial charge in [0.2, 0.25) is 0 Å². The van der Waals surface area contributed by atoms with Crippen LogP contribution in [0.1, 0.15) is 54.0 Å². The zero-order valence-corrected chi connectivity index (χ0v) is 18.6. The van der Waals surface area contributed by atoms with Crippen LogP contribution in [0.15, 0.2) is 23.7 Å². The second-order valence-corrected chi connectivity index (χ2v) is 8.84. The molecule has 4 heterocycles. The van der Waals surface area contributed by atoms with Gasteiger partial charge in [-0.1, -0.05) is 0 Å². The van der Waals surface area contributed by atoms with E-state index in [0.717, 1.165) is 48.4 Å². The second-order valence-electron chi connectivity index (χ2n) is 7.99. The average molecular weight is 411 g/mol. The molecule has 6 nitrogen and oxygen atoms in total. The van der Waals surface area contributed by atoms with Crippen molar-refractivity contribution < 1.29 is 0 Å². The van der Waals surface area contributed by atoms with Gasteiger partial charge in [0, 0.05) is 59.3 Å². The van der Waals surface area contributed by atoms with E-state index in [1.54, 1.807) is 11.3 Å². The van der Waals surface area contributed by atoms with Crippen LogP contribution in [0.3, 0.4) is 0 Å². The molecule has 1 aliphatic rings. The summed E-state index contributed by atoms with van der Waals surface area (Å²) in [7, 11) is 0. The van der Waals surface area contributed by atoms with Crippen molar-refractivity contribution in [2.24, 2.45) is 0 Å². The minimum absolute atomic E-state index is 0.462. The summed E-state index contributed by atoms with van der Waals surface area (Å²) in [5.74, 6) is 0.462. The highest BCUT2D eigenvalue weighted by Crippen LogP contribution is 2.30. The summed E-state index contributed by atoms with van der Waals surface area (Å²) < 4.78 is 2.08. The first-order chi connectivity index (χ1) is 14.0. The van der Waals surface area contributed by atoms with Crippen molar-refractivity contribution >= 4 is 22.2 Å². The fourth-order valence-corrected chi connectivity index (χ4v) is 4.86. The summed E-state index contributed by atoms with van der Waals surface area (Å²) in [4.78, 5) is 12.0. The molecule has 29 heavy (non-hydrogen) atoms. The molecular formula is C22H30N6S. The number of nitrogens with one attached hydrogen (secondary N) is 1. The minimum atomic E-state index is 0.462. The Bertz CT molecular complexity index is 976. The minimum Gasteiger partial charge on any atom is -0.331 e. The molecule has 0 amide bonds. The first kappa shape index (κ1) is 20.0. The van der Waals surface area contributed by atoms with Gasteiger partial charge >= 0.3 is 0 Å². The number of nitrogens with zero attached hydrogens (tertiary/aromatic N) is 5. The predicted molar refractivity (Wildman–Crippen MR) is 119 cm³/mol. The summed E-state index contributed by atoms with van der Waals surface area (Å²) in [6, 6.07) is 4.31. The zero-order valence-electron chi connectivity index (χ0n) is 17.8. The lowest BCUT2D eigenvalue weighted by molar-refractivity contribution is 0.198. The number of hydrogen-bond acceptors (Lipinski definition) is 6. The predicted octanol–water partition coefficient (Wildman–Crippen LogP) is 4.80. The Balaban J connectivity index is 1.48. The number of rotatable bonds is 6. The maximum absolute atomic E-state index is 4.88. The Morgan fingerprint density at radius 3 is 2.76 bits per heavy atom. The standard InChI is InChI=1S/C22H30N6S/c1-5-28-17(4)19(11-23-28)13-27-8-6-7-18(12-27)21-10-20(9-15(2)24-21)26-22-25-16(3)14-29-22/h9-11,14,18H,5-8,12-13H2,1-4H3,(H,24,25,26)/t18-/m0/s1. The molecule has 1 atom stereocenters. The van der Waals surface area contributed by atoms with Gasteiger partial charge in [0.1, 0.15) is 0 Å². The molecular weight excluding hydrogens is 380 g/mol. The van der Waals surface area contributed by atoms with Crippen LogP contribution in [-0.4, -0.2) is 37.7 Å². The van der Waals surface area contributed by atoms with Gasteiger partial charge in [-0.15, -0.1) is 11.3 Å². The van der Waals surface area contributed by atoms with Crippen LogP contribution in [0.2, 0.25) is 0 Å². The highest BCUT2D eigenvalue weighted by molar-refractivity contribution is 7.13. The fourth-order valence-electron chi connectivity index (χ4n) is 4.15. The maximum Gasteiger partial charge on any atom is 0.187 e. The number of aromatic nitrogens is 4. The van der Waals surface area contributed by atoms with E-state index in [1.807, 2.05) is 13.1 Å².